The Morgan fingerprint density at radius 2 is 0.556 bits per heavy atom. The number of aromatic hydroxyl groups is 4. The molecule has 0 aliphatic heterocycles. The monoisotopic (exact) mass is 761 g/mol. The summed E-state index contributed by atoms with van der Waals surface area (Å²) in [6, 6.07) is 28.1. The van der Waals surface area contributed by atoms with E-state index in [0.717, 1.165) is 0 Å². The molecule has 4 aromatic carbocycles. The van der Waals surface area contributed by atoms with Crippen molar-refractivity contribution in [3.8, 4) is 23.0 Å². The minimum Gasteiger partial charge on any atom is -0.507 e. The molecule has 0 saturated heterocycles. The average molecular weight is 763 g/mol. The second kappa shape index (κ2) is 26.6. The summed E-state index contributed by atoms with van der Waals surface area (Å²) in [7, 11) is 0. The van der Waals surface area contributed by atoms with E-state index in [2.05, 4.69) is 20.0 Å². The van der Waals surface area contributed by atoms with Gasteiger partial charge in [-0.15, -0.1) is 0 Å². The molecule has 4 aromatic rings. The quantitative estimate of drug-likeness (QED) is 0.109. The summed E-state index contributed by atoms with van der Waals surface area (Å²) in [5, 5.41) is 38.2. The summed E-state index contributed by atoms with van der Waals surface area (Å²) in [5.74, 6) is 0.867. The van der Waals surface area contributed by atoms with Crippen LogP contribution in [0.4, 0.5) is 0 Å². The number of phenols is 4. The van der Waals surface area contributed by atoms with Gasteiger partial charge in [0.1, 0.15) is 23.0 Å². The Morgan fingerprint density at radius 1 is 0.378 bits per heavy atom. The molecule has 0 bridgehead atoms. The molecule has 0 aromatic heterocycles. The van der Waals surface area contributed by atoms with Gasteiger partial charge in [0.25, 0.3) is 0 Å². The van der Waals surface area contributed by atoms with Crippen molar-refractivity contribution in [1.82, 2.24) is 0 Å². The molecule has 0 amide bonds. The first kappa shape index (κ1) is 45.7. The Balaban J connectivity index is -0.000000706. The summed E-state index contributed by atoms with van der Waals surface area (Å²) in [6.07, 6.45) is 6.52. The number of phenolic OH excluding ortho intramolecular Hbond substituents is 4. The van der Waals surface area contributed by atoms with Crippen LogP contribution in [0.3, 0.4) is 0 Å². The van der Waals surface area contributed by atoms with Gasteiger partial charge in [0.05, 0.1) is 26.2 Å². The smallest absolute Gasteiger partial charge is 0.507 e. The molecular weight excluding hydrogens is 727 g/mol. The van der Waals surface area contributed by atoms with Crippen LogP contribution >= 0.6 is 0 Å². The van der Waals surface area contributed by atoms with E-state index in [9.17, 15) is 20.4 Å². The van der Waals surface area contributed by atoms with E-state index in [1.54, 1.807) is 97.7 Å². The van der Waals surface area contributed by atoms with Crippen LogP contribution in [-0.2, 0) is 51.2 Å². The first-order valence-corrected chi connectivity index (χ1v) is 12.7. The van der Waals surface area contributed by atoms with Crippen LogP contribution in [0.15, 0.2) is 117 Å². The first-order chi connectivity index (χ1) is 19.5. The Kier molecular flexibility index (Phi) is 27.0. The number of nitrogens with zero attached hydrogens (tertiary/aromatic N) is 4. The molecule has 251 valence electrons. The van der Waals surface area contributed by atoms with E-state index in [0.29, 0.717) is 48.4 Å². The van der Waals surface area contributed by atoms with Crippen LogP contribution in [0.25, 0.3) is 0 Å². The molecule has 4 rings (SSSR count). The summed E-state index contributed by atoms with van der Waals surface area (Å²) < 4.78 is 0. The number of aliphatic imine (C=N–C) groups is 4. The topological polar surface area (TPSA) is 193 Å². The number of hydrogen-bond donors (Lipinski definition) is 4. The molecule has 1 radical (unpaired) electrons. The zero-order chi connectivity index (χ0) is 28.4. The van der Waals surface area contributed by atoms with Gasteiger partial charge in [0, 0.05) is 64.2 Å². The standard InChI is InChI=1S/2C16H16N2O2.3Cu.2H2O/c2*19-15-7-3-1-5-13(15)11-17-9-10-18-12-14-6-2-4-8-16(14)20;;;;;/h2*1-8,11-12,19-20H,9-10H2;;;;2*1H2/q;;;2*+1;;. The third-order valence-corrected chi connectivity index (χ3v) is 5.38. The third-order valence-electron chi connectivity index (χ3n) is 5.38. The second-order valence-corrected chi connectivity index (χ2v) is 8.38. The SMILES string of the molecule is O.O.Oc1ccccc1C=NCCN=Cc1ccccc1O.Oc1ccccc1C=NCCN=Cc1ccccc1O.[Cu+].[Cu+].[Cu]. The molecule has 0 atom stereocenters. The molecule has 0 saturated carbocycles. The zero-order valence-corrected chi connectivity index (χ0v) is 26.7. The number of benzene rings is 4. The fourth-order valence-electron chi connectivity index (χ4n) is 3.27. The van der Waals surface area contributed by atoms with Crippen LogP contribution in [-0.4, -0.2) is 82.4 Å². The third kappa shape index (κ3) is 17.3. The van der Waals surface area contributed by atoms with Crippen LogP contribution < -0.4 is 0 Å². The normalized spacial score (nSPS) is 10.1. The molecule has 8 N–H and O–H groups in total. The van der Waals surface area contributed by atoms with Gasteiger partial charge >= 0.3 is 34.1 Å². The van der Waals surface area contributed by atoms with E-state index in [1.807, 2.05) is 24.3 Å². The van der Waals surface area contributed by atoms with Gasteiger partial charge in [-0.2, -0.15) is 0 Å². The van der Waals surface area contributed by atoms with Crippen molar-refractivity contribution >= 4 is 24.9 Å². The van der Waals surface area contributed by atoms with Gasteiger partial charge in [-0.25, -0.2) is 0 Å². The molecule has 0 heterocycles. The zero-order valence-electron chi connectivity index (χ0n) is 23.9. The van der Waals surface area contributed by atoms with Crippen molar-refractivity contribution in [3.05, 3.63) is 119 Å². The largest absolute Gasteiger partial charge is 1.00 e. The maximum atomic E-state index is 9.54. The molecule has 0 aliphatic carbocycles. The minimum atomic E-state index is 0. The van der Waals surface area contributed by atoms with Crippen molar-refractivity contribution in [2.24, 2.45) is 20.0 Å². The Hall–Kier alpha value is -3.76. The summed E-state index contributed by atoms with van der Waals surface area (Å²) in [6.45, 7) is 2.10. The van der Waals surface area contributed by atoms with E-state index >= 15 is 0 Å². The van der Waals surface area contributed by atoms with E-state index in [-0.39, 0.29) is 85.2 Å². The van der Waals surface area contributed by atoms with Crippen molar-refractivity contribution in [3.63, 3.8) is 0 Å². The molecule has 13 heteroatoms. The van der Waals surface area contributed by atoms with Gasteiger partial charge in [0.15, 0.2) is 0 Å². The number of hydrogen-bond acceptors (Lipinski definition) is 8. The molecule has 0 fully saturated rings. The molecular formula is C32H36Cu3N4O6+2. The minimum absolute atomic E-state index is 0. The first-order valence-electron chi connectivity index (χ1n) is 12.7. The maximum Gasteiger partial charge on any atom is 1.00 e. The molecule has 0 spiro atoms. The van der Waals surface area contributed by atoms with Gasteiger partial charge in [-0.05, 0) is 48.5 Å². The average Bonchev–Trinajstić information content (AvgIpc) is 2.96. The fourth-order valence-corrected chi connectivity index (χ4v) is 3.27. The van der Waals surface area contributed by atoms with Crippen molar-refractivity contribution in [2.75, 3.05) is 26.2 Å². The van der Waals surface area contributed by atoms with E-state index < -0.39 is 0 Å². The predicted octanol–water partition coefficient (Wildman–Crippen LogP) is 3.61. The van der Waals surface area contributed by atoms with Crippen molar-refractivity contribution < 1.29 is 82.6 Å². The van der Waals surface area contributed by atoms with Gasteiger partial charge in [-0.3, -0.25) is 20.0 Å². The van der Waals surface area contributed by atoms with Gasteiger partial charge < -0.3 is 31.4 Å². The predicted molar refractivity (Wildman–Crippen MR) is 169 cm³/mol. The van der Waals surface area contributed by atoms with Crippen LogP contribution in [0.1, 0.15) is 22.3 Å². The van der Waals surface area contributed by atoms with Crippen LogP contribution in [0.5, 0.6) is 23.0 Å². The van der Waals surface area contributed by atoms with Crippen LogP contribution in [0, 0.1) is 0 Å². The summed E-state index contributed by atoms with van der Waals surface area (Å²) in [4.78, 5) is 16.8. The molecule has 0 unspecified atom stereocenters. The van der Waals surface area contributed by atoms with Gasteiger partial charge in [-0.1, -0.05) is 48.5 Å². The Labute approximate surface area is 294 Å². The van der Waals surface area contributed by atoms with E-state index in [4.69, 9.17) is 0 Å². The Morgan fingerprint density at radius 3 is 0.733 bits per heavy atom. The summed E-state index contributed by atoms with van der Waals surface area (Å²) >= 11 is 0. The van der Waals surface area contributed by atoms with Crippen LogP contribution in [0.2, 0.25) is 0 Å². The molecule has 0 aliphatic rings. The Bertz CT molecular complexity index is 1260. The van der Waals surface area contributed by atoms with Crippen molar-refractivity contribution in [2.45, 2.75) is 0 Å². The molecule has 45 heavy (non-hydrogen) atoms. The number of para-hydroxylation sites is 4. The second-order valence-electron chi connectivity index (χ2n) is 8.38. The fraction of sp³-hybridized carbons (Fsp3) is 0.125. The van der Waals surface area contributed by atoms with Crippen molar-refractivity contribution in [1.29, 1.82) is 0 Å². The van der Waals surface area contributed by atoms with E-state index in [1.165, 1.54) is 0 Å². The summed E-state index contributed by atoms with van der Waals surface area (Å²) in [5.41, 5.74) is 2.77. The maximum absolute atomic E-state index is 9.54. The molecule has 10 nitrogen and oxygen atoms in total. The number of rotatable bonds is 10. The van der Waals surface area contributed by atoms with Gasteiger partial charge in [0.2, 0.25) is 0 Å².